The van der Waals surface area contributed by atoms with Gasteiger partial charge in [0.1, 0.15) is 11.5 Å². The highest BCUT2D eigenvalue weighted by Crippen LogP contribution is 2.43. The Morgan fingerprint density at radius 2 is 1.67 bits per heavy atom. The van der Waals surface area contributed by atoms with Crippen LogP contribution < -0.4 is 10.2 Å². The largest absolute Gasteiger partial charge is 0.416 e. The molecule has 3 aromatic rings. The number of carbonyl (C=O) groups excluding carboxylic acids is 1. The van der Waals surface area contributed by atoms with Crippen LogP contribution in [0.25, 0.3) is 0 Å². The van der Waals surface area contributed by atoms with E-state index in [-0.39, 0.29) is 37.1 Å². The van der Waals surface area contributed by atoms with Crippen LogP contribution >= 0.6 is 0 Å². The number of nitrogens with zero attached hydrogens (tertiary/aromatic N) is 3. The number of fused-ring (bicyclic) bond motifs is 1. The Labute approximate surface area is 237 Å². The lowest BCUT2D eigenvalue weighted by Crippen LogP contribution is -2.35. The molecule has 0 spiro atoms. The van der Waals surface area contributed by atoms with Crippen molar-refractivity contribution in [1.82, 2.24) is 15.5 Å². The summed E-state index contributed by atoms with van der Waals surface area (Å²) in [5, 5.41) is 11.7. The Hall–Kier alpha value is -3.98. The second kappa shape index (κ2) is 11.7. The van der Waals surface area contributed by atoms with E-state index >= 15 is 0 Å². The van der Waals surface area contributed by atoms with E-state index in [0.29, 0.717) is 23.4 Å². The average Bonchev–Trinajstić information content (AvgIpc) is 3.08. The molecule has 1 amide bonds. The van der Waals surface area contributed by atoms with Crippen LogP contribution in [0.1, 0.15) is 64.7 Å². The number of aryl methyl sites for hydroxylation is 1. The standard InChI is InChI=1S/C30H25F7N4O/c31-21-5-10-27-19(16-21)3-7-24(23-8-4-20(29(32,33)34)17-25(23)30(35,36)37)28(42)41(27)15-1-2-22-6-9-26(40-39-22)18-11-13-38-14-12-18/h4-6,8-10,16-18,24,38H,3,7,11-15H2. The highest BCUT2D eigenvalue weighted by Gasteiger charge is 2.42. The number of aromatic nitrogens is 2. The van der Waals surface area contributed by atoms with Crippen LogP contribution in [0.15, 0.2) is 48.5 Å². The molecule has 1 N–H and O–H groups in total. The van der Waals surface area contributed by atoms with E-state index in [9.17, 15) is 35.5 Å². The van der Waals surface area contributed by atoms with Gasteiger partial charge in [0.15, 0.2) is 0 Å². The van der Waals surface area contributed by atoms with Crippen molar-refractivity contribution in [3.63, 3.8) is 0 Å². The smallest absolute Gasteiger partial charge is 0.317 e. The molecule has 1 aromatic heterocycles. The van der Waals surface area contributed by atoms with Crippen LogP contribution in [0.4, 0.5) is 36.4 Å². The van der Waals surface area contributed by atoms with E-state index in [1.807, 2.05) is 6.07 Å². The Balaban J connectivity index is 1.46. The lowest BCUT2D eigenvalue weighted by atomic mass is 9.88. The van der Waals surface area contributed by atoms with Gasteiger partial charge in [0.2, 0.25) is 5.91 Å². The fourth-order valence-corrected chi connectivity index (χ4v) is 5.44. The van der Waals surface area contributed by atoms with Crippen LogP contribution in [0.2, 0.25) is 0 Å². The minimum atomic E-state index is -5.15. The monoisotopic (exact) mass is 590 g/mol. The molecule has 5 nitrogen and oxygen atoms in total. The summed E-state index contributed by atoms with van der Waals surface area (Å²) >= 11 is 0. The molecule has 2 aliphatic rings. The normalized spacial score (nSPS) is 18.2. The Kier molecular flexibility index (Phi) is 8.23. The molecule has 2 aliphatic heterocycles. The first-order valence-electron chi connectivity index (χ1n) is 13.3. The van der Waals surface area contributed by atoms with Crippen molar-refractivity contribution >= 4 is 11.6 Å². The van der Waals surface area contributed by atoms with Gasteiger partial charge in [-0.05, 0) is 98.3 Å². The average molecular weight is 591 g/mol. The number of amides is 1. The fourth-order valence-electron chi connectivity index (χ4n) is 5.44. The van der Waals surface area contributed by atoms with E-state index < -0.39 is 46.7 Å². The second-order valence-electron chi connectivity index (χ2n) is 10.3. The minimum absolute atomic E-state index is 0.0232. The zero-order chi connectivity index (χ0) is 30.1. The number of piperidine rings is 1. The molecule has 220 valence electrons. The van der Waals surface area contributed by atoms with E-state index in [2.05, 4.69) is 27.4 Å². The van der Waals surface area contributed by atoms with Gasteiger partial charge in [-0.25, -0.2) is 4.39 Å². The van der Waals surface area contributed by atoms with Gasteiger partial charge in [0.05, 0.1) is 29.3 Å². The van der Waals surface area contributed by atoms with Crippen molar-refractivity contribution in [2.24, 2.45) is 0 Å². The number of anilines is 1. The molecule has 0 saturated carbocycles. The number of carbonyl (C=O) groups is 1. The van der Waals surface area contributed by atoms with E-state index in [0.717, 1.165) is 42.6 Å². The maximum atomic E-state index is 14.1. The van der Waals surface area contributed by atoms with E-state index in [1.165, 1.54) is 12.1 Å². The molecule has 3 heterocycles. The maximum absolute atomic E-state index is 14.1. The molecule has 12 heteroatoms. The Bertz CT molecular complexity index is 1520. The summed E-state index contributed by atoms with van der Waals surface area (Å²) in [5.74, 6) is 3.09. The second-order valence-corrected chi connectivity index (χ2v) is 10.3. The molecular weight excluding hydrogens is 565 g/mol. The van der Waals surface area contributed by atoms with Crippen molar-refractivity contribution in [3.8, 4) is 11.8 Å². The van der Waals surface area contributed by atoms with Crippen LogP contribution in [0.3, 0.4) is 0 Å². The van der Waals surface area contributed by atoms with Gasteiger partial charge < -0.3 is 5.32 Å². The number of alkyl halides is 6. The highest BCUT2D eigenvalue weighted by atomic mass is 19.4. The van der Waals surface area contributed by atoms with Crippen LogP contribution in [-0.2, 0) is 23.6 Å². The van der Waals surface area contributed by atoms with Crippen LogP contribution in [0, 0.1) is 17.7 Å². The molecule has 0 aliphatic carbocycles. The SMILES string of the molecule is O=C1C(c2ccc(C(F)(F)F)cc2C(F)(F)F)CCc2cc(F)ccc2N1CC#Cc1ccc(C2CCNCC2)nn1. The third-order valence-corrected chi connectivity index (χ3v) is 7.56. The Morgan fingerprint density at radius 1 is 0.905 bits per heavy atom. The summed E-state index contributed by atoms with van der Waals surface area (Å²) in [6.45, 7) is 1.51. The molecule has 0 bridgehead atoms. The summed E-state index contributed by atoms with van der Waals surface area (Å²) < 4.78 is 95.7. The zero-order valence-corrected chi connectivity index (χ0v) is 22.1. The molecule has 1 atom stereocenters. The van der Waals surface area contributed by atoms with Crippen molar-refractivity contribution in [1.29, 1.82) is 0 Å². The third kappa shape index (κ3) is 6.41. The first-order valence-corrected chi connectivity index (χ1v) is 13.3. The van der Waals surface area contributed by atoms with Gasteiger partial charge in [-0.15, -0.1) is 5.10 Å². The quantitative estimate of drug-likeness (QED) is 0.290. The number of halogens is 7. The van der Waals surface area contributed by atoms with Crippen molar-refractivity contribution in [3.05, 3.63) is 88.0 Å². The topological polar surface area (TPSA) is 58.1 Å². The van der Waals surface area contributed by atoms with Gasteiger partial charge in [0.25, 0.3) is 0 Å². The lowest BCUT2D eigenvalue weighted by Gasteiger charge is -2.26. The third-order valence-electron chi connectivity index (χ3n) is 7.56. The van der Waals surface area contributed by atoms with Crippen LogP contribution in [0.5, 0.6) is 0 Å². The Morgan fingerprint density at radius 3 is 2.33 bits per heavy atom. The number of rotatable bonds is 3. The van der Waals surface area contributed by atoms with Gasteiger partial charge >= 0.3 is 12.4 Å². The first kappa shape index (κ1) is 29.5. The summed E-state index contributed by atoms with van der Waals surface area (Å²) in [7, 11) is 0. The highest BCUT2D eigenvalue weighted by molar-refractivity contribution is 6.00. The fraction of sp³-hybridized carbons (Fsp3) is 0.367. The van der Waals surface area contributed by atoms with Crippen molar-refractivity contribution in [2.75, 3.05) is 24.5 Å². The number of nitrogens with one attached hydrogen (secondary N) is 1. The van der Waals surface area contributed by atoms with Gasteiger partial charge in [-0.2, -0.15) is 31.4 Å². The van der Waals surface area contributed by atoms with E-state index in [1.54, 1.807) is 6.07 Å². The van der Waals surface area contributed by atoms with Crippen molar-refractivity contribution < 1.29 is 35.5 Å². The molecular formula is C30H25F7N4O. The summed E-state index contributed by atoms with van der Waals surface area (Å²) in [5.41, 5.74) is -1.77. The summed E-state index contributed by atoms with van der Waals surface area (Å²) in [6.07, 6.45) is -8.42. The molecule has 2 aromatic carbocycles. The number of benzene rings is 2. The van der Waals surface area contributed by atoms with E-state index in [4.69, 9.17) is 0 Å². The number of hydrogen-bond donors (Lipinski definition) is 1. The summed E-state index contributed by atoms with van der Waals surface area (Å²) in [4.78, 5) is 14.9. The molecule has 1 fully saturated rings. The predicted molar refractivity (Wildman–Crippen MR) is 140 cm³/mol. The predicted octanol–water partition coefficient (Wildman–Crippen LogP) is 6.24. The lowest BCUT2D eigenvalue weighted by molar-refractivity contribution is -0.143. The first-order chi connectivity index (χ1) is 19.9. The van der Waals surface area contributed by atoms with Crippen LogP contribution in [-0.4, -0.2) is 35.7 Å². The minimum Gasteiger partial charge on any atom is -0.317 e. The molecule has 1 unspecified atom stereocenters. The molecule has 5 rings (SSSR count). The maximum Gasteiger partial charge on any atom is 0.416 e. The summed E-state index contributed by atoms with van der Waals surface area (Å²) in [6, 6.07) is 8.45. The molecule has 42 heavy (non-hydrogen) atoms. The van der Waals surface area contributed by atoms with Crippen molar-refractivity contribution in [2.45, 2.75) is 49.9 Å². The van der Waals surface area contributed by atoms with Gasteiger partial charge in [-0.3, -0.25) is 9.69 Å². The molecule has 0 radical (unpaired) electrons. The van der Waals surface area contributed by atoms with Gasteiger partial charge in [-0.1, -0.05) is 12.0 Å². The van der Waals surface area contributed by atoms with Gasteiger partial charge in [0, 0.05) is 11.6 Å². The number of hydrogen-bond acceptors (Lipinski definition) is 4. The molecule has 1 saturated heterocycles. The zero-order valence-electron chi connectivity index (χ0n) is 22.1.